The summed E-state index contributed by atoms with van der Waals surface area (Å²) < 4.78 is 7.22. The molecule has 3 aromatic carbocycles. The number of benzene rings is 3. The molecule has 1 heterocycles. The molecule has 0 radical (unpaired) electrons. The van der Waals surface area contributed by atoms with Gasteiger partial charge in [-0.15, -0.1) is 0 Å². The summed E-state index contributed by atoms with van der Waals surface area (Å²) >= 11 is 3.62. The van der Waals surface area contributed by atoms with Gasteiger partial charge in [-0.3, -0.25) is 0 Å². The molecule has 1 aromatic heterocycles. The Labute approximate surface area is 171 Å². The van der Waals surface area contributed by atoms with Gasteiger partial charge in [0.25, 0.3) is 0 Å². The zero-order chi connectivity index (χ0) is 19.5. The Bertz CT molecular complexity index is 1170. The van der Waals surface area contributed by atoms with Crippen LogP contribution in [0.5, 0.6) is 5.75 Å². The molecule has 0 amide bonds. The molecule has 28 heavy (non-hydrogen) atoms. The highest BCUT2D eigenvalue weighted by atomic mass is 79.9. The van der Waals surface area contributed by atoms with E-state index in [2.05, 4.69) is 22.0 Å². The van der Waals surface area contributed by atoms with Crippen LogP contribution >= 0.6 is 15.9 Å². The lowest BCUT2D eigenvalue weighted by Gasteiger charge is -2.08. The molecule has 4 rings (SSSR count). The molecule has 136 valence electrons. The van der Waals surface area contributed by atoms with Gasteiger partial charge in [0.2, 0.25) is 0 Å². The molecule has 0 aliphatic carbocycles. The van der Waals surface area contributed by atoms with Gasteiger partial charge < -0.3 is 9.52 Å². The first-order valence-electron chi connectivity index (χ1n) is 8.82. The van der Waals surface area contributed by atoms with Crippen LogP contribution in [0.1, 0.15) is 5.56 Å². The lowest BCUT2D eigenvalue weighted by Crippen LogP contribution is -1.90. The molecular weight excluding hydrogens is 414 g/mol. The molecule has 0 atom stereocenters. The minimum absolute atomic E-state index is 0.132. The fraction of sp³-hybridized carbons (Fsp3) is 0.0417. The Kier molecular flexibility index (Phi) is 5.01. The van der Waals surface area contributed by atoms with Gasteiger partial charge >= 0.3 is 0 Å². The van der Waals surface area contributed by atoms with Crippen molar-refractivity contribution >= 4 is 15.9 Å². The number of halogens is 1. The van der Waals surface area contributed by atoms with Gasteiger partial charge in [-0.05, 0) is 18.2 Å². The van der Waals surface area contributed by atoms with Crippen molar-refractivity contribution in [1.29, 1.82) is 5.26 Å². The van der Waals surface area contributed by atoms with E-state index in [1.54, 1.807) is 12.1 Å². The predicted molar refractivity (Wildman–Crippen MR) is 114 cm³/mol. The zero-order valence-electron chi connectivity index (χ0n) is 14.9. The molecule has 3 nitrogen and oxygen atoms in total. The summed E-state index contributed by atoms with van der Waals surface area (Å²) in [6.07, 6.45) is 0.192. The smallest absolute Gasteiger partial charge is 0.146 e. The van der Waals surface area contributed by atoms with Crippen molar-refractivity contribution in [2.75, 3.05) is 0 Å². The summed E-state index contributed by atoms with van der Waals surface area (Å²) in [5.74, 6) is 1.33. The highest BCUT2D eigenvalue weighted by Gasteiger charge is 2.25. The lowest BCUT2D eigenvalue weighted by atomic mass is 9.94. The molecule has 4 heteroatoms. The second-order valence-electron chi connectivity index (χ2n) is 6.31. The fourth-order valence-electron chi connectivity index (χ4n) is 3.34. The van der Waals surface area contributed by atoms with Gasteiger partial charge in [-0.25, -0.2) is 0 Å². The topological polar surface area (TPSA) is 57.2 Å². The van der Waals surface area contributed by atoms with Crippen LogP contribution < -0.4 is 0 Å². The van der Waals surface area contributed by atoms with Gasteiger partial charge in [0.1, 0.15) is 17.3 Å². The Hall–Kier alpha value is -3.29. The van der Waals surface area contributed by atoms with E-state index in [0.29, 0.717) is 17.1 Å². The third-order valence-electron chi connectivity index (χ3n) is 4.59. The molecular formula is C24H16BrNO2. The van der Waals surface area contributed by atoms with Gasteiger partial charge in [-0.1, -0.05) is 76.6 Å². The van der Waals surface area contributed by atoms with Crippen molar-refractivity contribution in [3.63, 3.8) is 0 Å². The summed E-state index contributed by atoms with van der Waals surface area (Å²) in [4.78, 5) is 0. The summed E-state index contributed by atoms with van der Waals surface area (Å²) in [5.41, 5.74) is 4.02. The van der Waals surface area contributed by atoms with Gasteiger partial charge in [0, 0.05) is 26.7 Å². The lowest BCUT2D eigenvalue weighted by molar-refractivity contribution is 0.474. The number of nitriles is 1. The Morgan fingerprint density at radius 2 is 1.46 bits per heavy atom. The third-order valence-corrected chi connectivity index (χ3v) is 5.28. The number of phenols is 1. The van der Waals surface area contributed by atoms with E-state index in [1.165, 1.54) is 0 Å². The molecule has 0 aliphatic heterocycles. The molecule has 0 spiro atoms. The third kappa shape index (κ3) is 3.21. The molecule has 1 N–H and O–H groups in total. The maximum atomic E-state index is 10.5. The number of phenolic OH excluding ortho intramolecular Hbond substituents is 1. The SMILES string of the molecule is N#CCc1c(-c2ccccc2)oc(-c2ccccc2O)c1-c1ccccc1Br. The highest BCUT2D eigenvalue weighted by molar-refractivity contribution is 9.10. The monoisotopic (exact) mass is 429 g/mol. The summed E-state index contributed by atoms with van der Waals surface area (Å²) in [6.45, 7) is 0. The second kappa shape index (κ2) is 7.75. The fourth-order valence-corrected chi connectivity index (χ4v) is 3.82. The van der Waals surface area contributed by atoms with Crippen LogP contribution in [0.4, 0.5) is 0 Å². The maximum Gasteiger partial charge on any atom is 0.146 e. The molecule has 0 saturated heterocycles. The minimum Gasteiger partial charge on any atom is -0.507 e. The van der Waals surface area contributed by atoms with E-state index < -0.39 is 0 Å². The van der Waals surface area contributed by atoms with Crippen molar-refractivity contribution in [2.45, 2.75) is 6.42 Å². The van der Waals surface area contributed by atoms with E-state index >= 15 is 0 Å². The first-order valence-corrected chi connectivity index (χ1v) is 9.61. The van der Waals surface area contributed by atoms with Crippen LogP contribution in [-0.4, -0.2) is 5.11 Å². The number of furan rings is 1. The second-order valence-corrected chi connectivity index (χ2v) is 7.17. The van der Waals surface area contributed by atoms with Crippen LogP contribution in [0.25, 0.3) is 33.8 Å². The number of hydrogen-bond donors (Lipinski definition) is 1. The quantitative estimate of drug-likeness (QED) is 0.387. The van der Waals surface area contributed by atoms with E-state index in [4.69, 9.17) is 4.42 Å². The molecule has 0 aliphatic rings. The van der Waals surface area contributed by atoms with Crippen molar-refractivity contribution in [3.05, 3.63) is 88.9 Å². The van der Waals surface area contributed by atoms with E-state index in [0.717, 1.165) is 26.7 Å². The summed E-state index contributed by atoms with van der Waals surface area (Å²) in [6, 6.07) is 26.9. The van der Waals surface area contributed by atoms with E-state index in [-0.39, 0.29) is 12.2 Å². The standard InChI is InChI=1S/C24H16BrNO2/c25-20-12-6-4-10-17(20)22-19(14-15-26)23(16-8-2-1-3-9-16)28-24(22)18-11-5-7-13-21(18)27/h1-13,27H,14H2. The first kappa shape index (κ1) is 18.1. The van der Waals surface area contributed by atoms with Crippen LogP contribution in [0, 0.1) is 11.3 Å². The van der Waals surface area contributed by atoms with Crippen molar-refractivity contribution in [3.8, 4) is 45.6 Å². The average molecular weight is 430 g/mol. The van der Waals surface area contributed by atoms with Crippen LogP contribution in [0.2, 0.25) is 0 Å². The minimum atomic E-state index is 0.132. The van der Waals surface area contributed by atoms with Crippen molar-refractivity contribution < 1.29 is 9.52 Å². The van der Waals surface area contributed by atoms with E-state index in [1.807, 2.05) is 66.7 Å². The Morgan fingerprint density at radius 1 is 0.821 bits per heavy atom. The van der Waals surface area contributed by atoms with E-state index in [9.17, 15) is 10.4 Å². The van der Waals surface area contributed by atoms with Gasteiger partial charge in [-0.2, -0.15) is 5.26 Å². The highest BCUT2D eigenvalue weighted by Crippen LogP contribution is 2.47. The predicted octanol–water partition coefficient (Wildman–Crippen LogP) is 6.81. The number of para-hydroxylation sites is 1. The van der Waals surface area contributed by atoms with Crippen molar-refractivity contribution in [1.82, 2.24) is 0 Å². The number of hydrogen-bond acceptors (Lipinski definition) is 3. The molecule has 4 aromatic rings. The number of nitrogens with zero attached hydrogens (tertiary/aromatic N) is 1. The summed E-state index contributed by atoms with van der Waals surface area (Å²) in [5, 5.41) is 20.0. The normalized spacial score (nSPS) is 10.6. The Morgan fingerprint density at radius 3 is 2.14 bits per heavy atom. The molecule has 0 bridgehead atoms. The molecule has 0 fully saturated rings. The summed E-state index contributed by atoms with van der Waals surface area (Å²) in [7, 11) is 0. The van der Waals surface area contributed by atoms with Crippen LogP contribution in [0.3, 0.4) is 0 Å². The maximum absolute atomic E-state index is 10.5. The molecule has 0 saturated carbocycles. The van der Waals surface area contributed by atoms with Gasteiger partial charge in [0.05, 0.1) is 18.1 Å². The Balaban J connectivity index is 2.10. The van der Waals surface area contributed by atoms with Crippen LogP contribution in [-0.2, 0) is 6.42 Å². The number of aromatic hydroxyl groups is 1. The van der Waals surface area contributed by atoms with Crippen molar-refractivity contribution in [2.24, 2.45) is 0 Å². The van der Waals surface area contributed by atoms with Crippen LogP contribution in [0.15, 0.2) is 87.8 Å². The molecule has 0 unspecified atom stereocenters. The van der Waals surface area contributed by atoms with Gasteiger partial charge in [0.15, 0.2) is 0 Å². The first-order chi connectivity index (χ1) is 13.7. The average Bonchev–Trinajstić information content (AvgIpc) is 3.08. The zero-order valence-corrected chi connectivity index (χ0v) is 16.5. The largest absolute Gasteiger partial charge is 0.507 e. The number of rotatable bonds is 4.